The van der Waals surface area contributed by atoms with Crippen LogP contribution in [-0.2, 0) is 11.2 Å². The van der Waals surface area contributed by atoms with E-state index in [2.05, 4.69) is 5.32 Å². The Morgan fingerprint density at radius 1 is 1.45 bits per heavy atom. The van der Waals surface area contributed by atoms with Gasteiger partial charge in [0.2, 0.25) is 5.91 Å². The molecule has 110 valence electrons. The number of nitrogens with one attached hydrogen (secondary N) is 1. The molecule has 0 aromatic heterocycles. The fourth-order valence-electron chi connectivity index (χ4n) is 2.59. The van der Waals surface area contributed by atoms with Crippen LogP contribution in [0.25, 0.3) is 0 Å². The van der Waals surface area contributed by atoms with Gasteiger partial charge in [0.15, 0.2) is 0 Å². The van der Waals surface area contributed by atoms with Crippen LogP contribution >= 0.6 is 0 Å². The van der Waals surface area contributed by atoms with Crippen LogP contribution in [0.4, 0.5) is 8.78 Å². The second kappa shape index (κ2) is 6.79. The van der Waals surface area contributed by atoms with Gasteiger partial charge in [0.25, 0.3) is 0 Å². The third-order valence-electron chi connectivity index (χ3n) is 3.62. The van der Waals surface area contributed by atoms with Gasteiger partial charge in [-0.2, -0.15) is 0 Å². The number of carbonyl (C=O) groups is 1. The van der Waals surface area contributed by atoms with Crippen molar-refractivity contribution < 1.29 is 13.6 Å². The summed E-state index contributed by atoms with van der Waals surface area (Å²) in [6, 6.07) is 3.54. The summed E-state index contributed by atoms with van der Waals surface area (Å²) in [7, 11) is 0. The van der Waals surface area contributed by atoms with E-state index in [9.17, 15) is 13.6 Å². The quantitative estimate of drug-likeness (QED) is 0.897. The van der Waals surface area contributed by atoms with Crippen LogP contribution in [-0.4, -0.2) is 36.5 Å². The molecule has 20 heavy (non-hydrogen) atoms. The summed E-state index contributed by atoms with van der Waals surface area (Å²) in [5.41, 5.74) is 0.253. The second-order valence-electron chi connectivity index (χ2n) is 5.15. The van der Waals surface area contributed by atoms with E-state index in [1.165, 1.54) is 12.1 Å². The number of hydrogen-bond acceptors (Lipinski definition) is 2. The second-order valence-corrected chi connectivity index (χ2v) is 5.15. The molecule has 2 rings (SSSR count). The fraction of sp³-hybridized carbons (Fsp3) is 0.533. The molecule has 1 aliphatic heterocycles. The van der Waals surface area contributed by atoms with Gasteiger partial charge in [0.05, 0.1) is 6.42 Å². The molecule has 0 radical (unpaired) electrons. The van der Waals surface area contributed by atoms with Crippen molar-refractivity contribution in [2.24, 2.45) is 0 Å². The molecular formula is C15H20F2N2O. The zero-order valence-electron chi connectivity index (χ0n) is 11.7. The molecule has 1 aromatic carbocycles. The van der Waals surface area contributed by atoms with Crippen molar-refractivity contribution >= 4 is 5.91 Å². The lowest BCUT2D eigenvalue weighted by molar-refractivity contribution is -0.132. The average molecular weight is 282 g/mol. The first-order valence-electron chi connectivity index (χ1n) is 7.06. The molecule has 1 aromatic rings. The van der Waals surface area contributed by atoms with Crippen LogP contribution in [0.15, 0.2) is 18.2 Å². The van der Waals surface area contributed by atoms with Crippen molar-refractivity contribution in [3.05, 3.63) is 35.4 Å². The molecule has 1 unspecified atom stereocenters. The Balaban J connectivity index is 2.07. The van der Waals surface area contributed by atoms with E-state index >= 15 is 0 Å². The number of amides is 1. The summed E-state index contributed by atoms with van der Waals surface area (Å²) in [5.74, 6) is -1.37. The third-order valence-corrected chi connectivity index (χ3v) is 3.62. The Bertz CT molecular complexity index is 473. The van der Waals surface area contributed by atoms with Crippen LogP contribution in [0.2, 0.25) is 0 Å². The van der Waals surface area contributed by atoms with Gasteiger partial charge in [-0.3, -0.25) is 4.79 Å². The van der Waals surface area contributed by atoms with Gasteiger partial charge in [-0.25, -0.2) is 8.78 Å². The van der Waals surface area contributed by atoms with Crippen molar-refractivity contribution in [2.45, 2.75) is 32.2 Å². The lowest BCUT2D eigenvalue weighted by Gasteiger charge is -2.28. The Hall–Kier alpha value is -1.49. The smallest absolute Gasteiger partial charge is 0.227 e. The van der Waals surface area contributed by atoms with Crippen molar-refractivity contribution in [1.82, 2.24) is 10.2 Å². The number of halogens is 2. The van der Waals surface area contributed by atoms with Gasteiger partial charge < -0.3 is 10.2 Å². The maximum absolute atomic E-state index is 13.6. The zero-order valence-corrected chi connectivity index (χ0v) is 11.7. The van der Waals surface area contributed by atoms with E-state index in [1.807, 2.05) is 11.8 Å². The van der Waals surface area contributed by atoms with Gasteiger partial charge in [0, 0.05) is 25.2 Å². The minimum atomic E-state index is -0.653. The Kier molecular flexibility index (Phi) is 5.06. The minimum absolute atomic E-state index is 0.0113. The van der Waals surface area contributed by atoms with Gasteiger partial charge in [-0.15, -0.1) is 0 Å². The van der Waals surface area contributed by atoms with Crippen molar-refractivity contribution in [1.29, 1.82) is 0 Å². The molecule has 1 fully saturated rings. The highest BCUT2D eigenvalue weighted by atomic mass is 19.1. The van der Waals surface area contributed by atoms with E-state index in [1.54, 1.807) is 0 Å². The molecule has 0 spiro atoms. The lowest BCUT2D eigenvalue weighted by Crippen LogP contribution is -2.42. The lowest BCUT2D eigenvalue weighted by atomic mass is 10.1. The molecule has 1 amide bonds. The average Bonchev–Trinajstić information content (AvgIpc) is 2.92. The maximum atomic E-state index is 13.6. The van der Waals surface area contributed by atoms with Crippen molar-refractivity contribution in [2.75, 3.05) is 19.6 Å². The highest BCUT2D eigenvalue weighted by Gasteiger charge is 2.26. The highest BCUT2D eigenvalue weighted by molar-refractivity contribution is 5.79. The molecule has 0 aliphatic carbocycles. The largest absolute Gasteiger partial charge is 0.338 e. The predicted molar refractivity (Wildman–Crippen MR) is 73.3 cm³/mol. The standard InChI is InChI=1S/C15H20F2N2O/c1-2-7-19(13-5-6-18-10-13)15(20)8-11-3-4-12(16)9-14(11)17/h3-4,9,13,18H,2,5-8,10H2,1H3. The van der Waals surface area contributed by atoms with E-state index in [4.69, 9.17) is 0 Å². The van der Waals surface area contributed by atoms with Crippen LogP contribution in [0.3, 0.4) is 0 Å². The minimum Gasteiger partial charge on any atom is -0.338 e. The number of rotatable bonds is 5. The predicted octanol–water partition coefficient (Wildman–Crippen LogP) is 2.11. The summed E-state index contributed by atoms with van der Waals surface area (Å²) in [6.07, 6.45) is 1.79. The first kappa shape index (κ1) is 14.9. The van der Waals surface area contributed by atoms with Crippen LogP contribution in [0.1, 0.15) is 25.3 Å². The van der Waals surface area contributed by atoms with Gasteiger partial charge in [-0.1, -0.05) is 13.0 Å². The molecule has 5 heteroatoms. The maximum Gasteiger partial charge on any atom is 0.227 e. The molecule has 3 nitrogen and oxygen atoms in total. The van der Waals surface area contributed by atoms with Crippen molar-refractivity contribution in [3.8, 4) is 0 Å². The van der Waals surface area contributed by atoms with Gasteiger partial charge in [-0.05, 0) is 31.0 Å². The van der Waals surface area contributed by atoms with Gasteiger partial charge >= 0.3 is 0 Å². The summed E-state index contributed by atoms with van der Waals surface area (Å²) in [5, 5.41) is 3.23. The summed E-state index contributed by atoms with van der Waals surface area (Å²) in [6.45, 7) is 4.38. The summed E-state index contributed by atoms with van der Waals surface area (Å²) in [4.78, 5) is 14.2. The first-order chi connectivity index (χ1) is 9.61. The Labute approximate surface area is 118 Å². The highest BCUT2D eigenvalue weighted by Crippen LogP contribution is 2.15. The number of hydrogen-bond donors (Lipinski definition) is 1. The molecule has 1 heterocycles. The summed E-state index contributed by atoms with van der Waals surface area (Å²) >= 11 is 0. The molecule has 1 saturated heterocycles. The van der Waals surface area contributed by atoms with E-state index < -0.39 is 11.6 Å². The topological polar surface area (TPSA) is 32.3 Å². The van der Waals surface area contributed by atoms with Crippen LogP contribution in [0, 0.1) is 11.6 Å². The Morgan fingerprint density at radius 3 is 2.85 bits per heavy atom. The number of benzene rings is 1. The molecular weight excluding hydrogens is 262 g/mol. The summed E-state index contributed by atoms with van der Waals surface area (Å²) < 4.78 is 26.5. The van der Waals surface area contributed by atoms with E-state index in [-0.39, 0.29) is 23.9 Å². The van der Waals surface area contributed by atoms with E-state index in [0.717, 1.165) is 32.0 Å². The van der Waals surface area contributed by atoms with Crippen molar-refractivity contribution in [3.63, 3.8) is 0 Å². The Morgan fingerprint density at radius 2 is 2.25 bits per heavy atom. The molecule has 1 N–H and O–H groups in total. The zero-order chi connectivity index (χ0) is 14.5. The number of nitrogens with zero attached hydrogens (tertiary/aromatic N) is 1. The monoisotopic (exact) mass is 282 g/mol. The molecule has 0 bridgehead atoms. The first-order valence-corrected chi connectivity index (χ1v) is 7.06. The molecule has 1 atom stereocenters. The fourth-order valence-corrected chi connectivity index (χ4v) is 2.59. The third kappa shape index (κ3) is 3.54. The normalized spacial score (nSPS) is 18.2. The van der Waals surface area contributed by atoms with E-state index in [0.29, 0.717) is 6.54 Å². The SMILES string of the molecule is CCCN(C(=O)Cc1ccc(F)cc1F)C1CCNC1. The molecule has 0 saturated carbocycles. The van der Waals surface area contributed by atoms with Crippen LogP contribution < -0.4 is 5.32 Å². The van der Waals surface area contributed by atoms with Crippen LogP contribution in [0.5, 0.6) is 0 Å². The molecule has 1 aliphatic rings. The number of carbonyl (C=O) groups excluding carboxylic acids is 1. The van der Waals surface area contributed by atoms with Gasteiger partial charge in [0.1, 0.15) is 11.6 Å².